The maximum atomic E-state index is 13.3. The highest BCUT2D eigenvalue weighted by Crippen LogP contribution is 2.34. The number of anilines is 1. The maximum absolute atomic E-state index is 13.3. The molecule has 3 aromatic rings. The van der Waals surface area contributed by atoms with Crippen LogP contribution in [0.3, 0.4) is 0 Å². The largest absolute Gasteiger partial charge is 0.493 e. The van der Waals surface area contributed by atoms with Crippen LogP contribution in [-0.2, 0) is 11.3 Å². The minimum Gasteiger partial charge on any atom is -0.493 e. The van der Waals surface area contributed by atoms with Crippen LogP contribution in [-0.4, -0.2) is 53.8 Å². The van der Waals surface area contributed by atoms with Gasteiger partial charge >= 0.3 is 0 Å². The molecule has 0 bridgehead atoms. The topological polar surface area (TPSA) is 103 Å². The van der Waals surface area contributed by atoms with Crippen molar-refractivity contribution in [2.45, 2.75) is 25.8 Å². The van der Waals surface area contributed by atoms with E-state index in [4.69, 9.17) is 9.47 Å². The Kier molecular flexibility index (Phi) is 6.58. The van der Waals surface area contributed by atoms with Crippen molar-refractivity contribution in [2.75, 3.05) is 32.6 Å². The van der Waals surface area contributed by atoms with Crippen LogP contribution in [0.25, 0.3) is 10.9 Å². The van der Waals surface area contributed by atoms with Gasteiger partial charge in [-0.25, -0.2) is 0 Å². The Balaban J connectivity index is 1.65. The molecule has 0 radical (unpaired) electrons. The minimum atomic E-state index is -0.392. The van der Waals surface area contributed by atoms with E-state index in [9.17, 15) is 14.4 Å². The summed E-state index contributed by atoms with van der Waals surface area (Å²) in [5.74, 6) is 0.243. The van der Waals surface area contributed by atoms with E-state index in [-0.39, 0.29) is 17.9 Å². The van der Waals surface area contributed by atoms with Crippen molar-refractivity contribution in [3.8, 4) is 11.5 Å². The molecule has 9 nitrogen and oxygen atoms in total. The lowest BCUT2D eigenvalue weighted by Gasteiger charge is -2.28. The zero-order chi connectivity index (χ0) is 23.4. The number of hydrogen-bond acceptors (Lipinski definition) is 6. The van der Waals surface area contributed by atoms with Gasteiger partial charge in [0.15, 0.2) is 11.5 Å². The first kappa shape index (κ1) is 22.3. The van der Waals surface area contributed by atoms with Crippen LogP contribution in [0.4, 0.5) is 5.69 Å². The number of rotatable bonds is 6. The van der Waals surface area contributed by atoms with Crippen molar-refractivity contribution in [3.05, 3.63) is 58.4 Å². The molecular formula is C24H26N4O5. The summed E-state index contributed by atoms with van der Waals surface area (Å²) in [5.41, 5.74) is 1.01. The predicted octanol–water partition coefficient (Wildman–Crippen LogP) is 2.68. The van der Waals surface area contributed by atoms with Gasteiger partial charge in [-0.1, -0.05) is 12.1 Å². The first-order chi connectivity index (χ1) is 16.0. The molecule has 172 valence electrons. The van der Waals surface area contributed by atoms with Gasteiger partial charge in [0.2, 0.25) is 11.3 Å². The summed E-state index contributed by atoms with van der Waals surface area (Å²) >= 11 is 0. The van der Waals surface area contributed by atoms with Gasteiger partial charge in [0.05, 0.1) is 37.2 Å². The number of methoxy groups -OCH3 is 2. The number of piperidine rings is 1. The number of likely N-dealkylation sites (tertiary alicyclic amines) is 1. The quantitative estimate of drug-likeness (QED) is 0.619. The summed E-state index contributed by atoms with van der Waals surface area (Å²) in [6.45, 7) is 1.22. The lowest BCUT2D eigenvalue weighted by Crippen LogP contribution is -2.36. The highest BCUT2D eigenvalue weighted by molar-refractivity contribution is 6.04. The normalized spacial score (nSPS) is 13.6. The Morgan fingerprint density at radius 2 is 1.73 bits per heavy atom. The number of ether oxygens (including phenoxy) is 2. The van der Waals surface area contributed by atoms with Gasteiger partial charge in [-0.2, -0.15) is 5.10 Å². The van der Waals surface area contributed by atoms with E-state index in [1.54, 1.807) is 41.3 Å². The summed E-state index contributed by atoms with van der Waals surface area (Å²) in [6, 6.07) is 10.2. The van der Waals surface area contributed by atoms with Gasteiger partial charge in [-0.3, -0.25) is 19.1 Å². The van der Waals surface area contributed by atoms with Crippen molar-refractivity contribution >= 4 is 28.4 Å². The van der Waals surface area contributed by atoms with Gasteiger partial charge in [-0.15, -0.1) is 0 Å². The fourth-order valence-corrected chi connectivity index (χ4v) is 4.04. The average Bonchev–Trinajstić information content (AvgIpc) is 2.85. The van der Waals surface area contributed by atoms with E-state index in [1.807, 2.05) is 0 Å². The number of benzene rings is 2. The molecule has 1 aliphatic rings. The second kappa shape index (κ2) is 9.72. The lowest BCUT2D eigenvalue weighted by molar-refractivity contribution is -0.116. The van der Waals surface area contributed by atoms with Crippen LogP contribution in [0.5, 0.6) is 11.5 Å². The molecule has 0 atom stereocenters. The molecule has 2 aromatic carbocycles. The Labute approximate surface area is 190 Å². The molecular weight excluding hydrogens is 424 g/mol. The van der Waals surface area contributed by atoms with Crippen LogP contribution in [0.1, 0.15) is 29.6 Å². The van der Waals surface area contributed by atoms with E-state index < -0.39 is 5.91 Å². The number of hydrogen-bond donors (Lipinski definition) is 1. The van der Waals surface area contributed by atoms with Crippen LogP contribution >= 0.6 is 0 Å². The van der Waals surface area contributed by atoms with Gasteiger partial charge < -0.3 is 19.7 Å². The average molecular weight is 450 g/mol. The third-order valence-electron chi connectivity index (χ3n) is 5.73. The predicted molar refractivity (Wildman–Crippen MR) is 124 cm³/mol. The van der Waals surface area contributed by atoms with Gasteiger partial charge in [0.1, 0.15) is 6.54 Å². The molecule has 0 unspecified atom stereocenters. The Hall–Kier alpha value is -3.88. The molecule has 1 aliphatic heterocycles. The van der Waals surface area contributed by atoms with Crippen molar-refractivity contribution in [2.24, 2.45) is 0 Å². The summed E-state index contributed by atoms with van der Waals surface area (Å²) in [5, 5.41) is 7.41. The lowest BCUT2D eigenvalue weighted by atomic mass is 10.1. The van der Waals surface area contributed by atoms with Gasteiger partial charge in [-0.05, 0) is 37.5 Å². The number of para-hydroxylation sites is 1. The number of nitrogens with zero attached hydrogens (tertiary/aromatic N) is 3. The maximum Gasteiger partial charge on any atom is 0.256 e. The summed E-state index contributed by atoms with van der Waals surface area (Å²) in [6.07, 6.45) is 4.19. The van der Waals surface area contributed by atoms with Crippen LogP contribution < -0.4 is 20.2 Å². The number of amides is 2. The Morgan fingerprint density at radius 3 is 2.45 bits per heavy atom. The SMILES string of the molecule is COc1cc(NC(=O)Cn2ncc(=O)c3ccccc32)c(C(=O)N2CCCCC2)cc1OC. The van der Waals surface area contributed by atoms with Gasteiger partial charge in [0, 0.05) is 24.5 Å². The zero-order valence-corrected chi connectivity index (χ0v) is 18.7. The molecule has 4 rings (SSSR count). The molecule has 2 amide bonds. The van der Waals surface area contributed by atoms with Crippen molar-refractivity contribution in [1.82, 2.24) is 14.7 Å². The molecule has 33 heavy (non-hydrogen) atoms. The monoisotopic (exact) mass is 450 g/mol. The summed E-state index contributed by atoms with van der Waals surface area (Å²) in [4.78, 5) is 40.1. The summed E-state index contributed by atoms with van der Waals surface area (Å²) < 4.78 is 12.2. The number of fused-ring (bicyclic) bond motifs is 1. The third kappa shape index (κ3) is 4.67. The van der Waals surface area contributed by atoms with Gasteiger partial charge in [0.25, 0.3) is 5.91 Å². The standard InChI is InChI=1S/C24H26N4O5/c1-32-21-12-17(24(31)27-10-6-3-7-11-27)18(13-22(21)33-2)26-23(30)15-28-19-9-5-4-8-16(19)20(29)14-25-28/h4-5,8-9,12-14H,3,6-7,10-11,15H2,1-2H3,(H,26,30). The first-order valence-corrected chi connectivity index (χ1v) is 10.8. The van der Waals surface area contributed by atoms with Crippen LogP contribution in [0, 0.1) is 0 Å². The highest BCUT2D eigenvalue weighted by atomic mass is 16.5. The van der Waals surface area contributed by atoms with E-state index in [0.29, 0.717) is 46.7 Å². The Bertz CT molecular complexity index is 1250. The molecule has 1 fully saturated rings. The van der Waals surface area contributed by atoms with E-state index in [2.05, 4.69) is 10.4 Å². The van der Waals surface area contributed by atoms with E-state index in [1.165, 1.54) is 25.1 Å². The Morgan fingerprint density at radius 1 is 1.03 bits per heavy atom. The second-order valence-corrected chi connectivity index (χ2v) is 7.84. The van der Waals surface area contributed by atoms with E-state index in [0.717, 1.165) is 19.3 Å². The molecule has 0 aliphatic carbocycles. The number of aromatic nitrogens is 2. The molecule has 9 heteroatoms. The second-order valence-electron chi connectivity index (χ2n) is 7.84. The zero-order valence-electron chi connectivity index (χ0n) is 18.7. The van der Waals surface area contributed by atoms with Crippen molar-refractivity contribution < 1.29 is 19.1 Å². The molecule has 0 spiro atoms. The van der Waals surface area contributed by atoms with Crippen molar-refractivity contribution in [3.63, 3.8) is 0 Å². The first-order valence-electron chi connectivity index (χ1n) is 10.8. The number of nitrogens with one attached hydrogen (secondary N) is 1. The smallest absolute Gasteiger partial charge is 0.256 e. The van der Waals surface area contributed by atoms with Crippen molar-refractivity contribution in [1.29, 1.82) is 0 Å². The molecule has 1 saturated heterocycles. The number of carbonyl (C=O) groups is 2. The molecule has 1 aromatic heterocycles. The van der Waals surface area contributed by atoms with Crippen LogP contribution in [0.15, 0.2) is 47.4 Å². The fraction of sp³-hybridized carbons (Fsp3) is 0.333. The molecule has 1 N–H and O–H groups in total. The molecule has 2 heterocycles. The third-order valence-corrected chi connectivity index (χ3v) is 5.73. The van der Waals surface area contributed by atoms with Crippen LogP contribution in [0.2, 0.25) is 0 Å². The molecule has 0 saturated carbocycles. The minimum absolute atomic E-state index is 0.132. The highest BCUT2D eigenvalue weighted by Gasteiger charge is 2.24. The number of carbonyl (C=O) groups excluding carboxylic acids is 2. The fourth-order valence-electron chi connectivity index (χ4n) is 4.04. The summed E-state index contributed by atoms with van der Waals surface area (Å²) in [7, 11) is 2.99. The van der Waals surface area contributed by atoms with E-state index >= 15 is 0 Å².